The summed E-state index contributed by atoms with van der Waals surface area (Å²) < 4.78 is 10.4. The fourth-order valence-corrected chi connectivity index (χ4v) is 5.25. The van der Waals surface area contributed by atoms with Crippen LogP contribution in [-0.4, -0.2) is 16.7 Å². The van der Waals surface area contributed by atoms with E-state index < -0.39 is 8.86 Å². The van der Waals surface area contributed by atoms with Gasteiger partial charge in [0.05, 0.1) is 0 Å². The number of hydrogen-bond acceptors (Lipinski definition) is 4. The minimum absolute atomic E-state index is 0.731. The van der Waals surface area contributed by atoms with Gasteiger partial charge < -0.3 is 0 Å². The molecule has 0 aromatic carbocycles. The Morgan fingerprint density at radius 2 is 2.00 bits per heavy atom. The molecule has 0 spiro atoms. The first-order chi connectivity index (χ1) is 3.31. The predicted molar refractivity (Wildman–Crippen MR) is 42.8 cm³/mol. The van der Waals surface area contributed by atoms with Gasteiger partial charge in [0.25, 0.3) is 0 Å². The molecule has 0 bridgehead atoms. The molecule has 0 radical (unpaired) electrons. The normalized spacial score (nSPS) is 14.0. The molecule has 0 saturated carbocycles. The molecular weight excluding hydrogens is 168 g/mol. The SMILES string of the molecule is CSSS(=O)SC. The van der Waals surface area contributed by atoms with Crippen molar-refractivity contribution in [2.24, 2.45) is 0 Å². The van der Waals surface area contributed by atoms with Gasteiger partial charge in [-0.05, 0) is 12.5 Å². The first-order valence-corrected chi connectivity index (χ1v) is 7.45. The molecule has 0 aliphatic rings. The zero-order chi connectivity index (χ0) is 5.70. The van der Waals surface area contributed by atoms with Gasteiger partial charge in [-0.2, -0.15) is 0 Å². The molecule has 0 aliphatic heterocycles. The molecule has 0 aromatic rings. The van der Waals surface area contributed by atoms with Gasteiger partial charge >= 0.3 is 0 Å². The van der Waals surface area contributed by atoms with Crippen LogP contribution in [0.2, 0.25) is 0 Å². The Hall–Kier alpha value is 1.20. The molecule has 0 aromatic heterocycles. The number of hydrogen-bond donors (Lipinski definition) is 0. The van der Waals surface area contributed by atoms with Crippen molar-refractivity contribution >= 4 is 40.3 Å². The van der Waals surface area contributed by atoms with E-state index in [0.717, 1.165) is 0 Å². The topological polar surface area (TPSA) is 17.1 Å². The molecule has 5 heteroatoms. The van der Waals surface area contributed by atoms with E-state index in [0.29, 0.717) is 0 Å². The average Bonchev–Trinajstić information content (AvgIpc) is 1.68. The Morgan fingerprint density at radius 3 is 2.14 bits per heavy atom. The van der Waals surface area contributed by atoms with E-state index in [1.807, 2.05) is 12.5 Å². The molecule has 1 atom stereocenters. The van der Waals surface area contributed by atoms with E-state index in [9.17, 15) is 4.21 Å². The summed E-state index contributed by atoms with van der Waals surface area (Å²) in [4.78, 5) is 0. The third-order valence-corrected chi connectivity index (χ3v) is 7.29. The zero-order valence-electron chi connectivity index (χ0n) is 4.04. The second kappa shape index (κ2) is 5.34. The highest BCUT2D eigenvalue weighted by Crippen LogP contribution is 2.27. The maximum atomic E-state index is 10.4. The smallest absolute Gasteiger partial charge is 0.151 e. The first-order valence-electron chi connectivity index (χ1n) is 1.48. The molecule has 0 fully saturated rings. The summed E-state index contributed by atoms with van der Waals surface area (Å²) in [6.07, 6.45) is 3.75. The molecule has 7 heavy (non-hydrogen) atoms. The maximum absolute atomic E-state index is 10.4. The molecule has 0 saturated heterocycles. The molecule has 0 rings (SSSR count). The summed E-state index contributed by atoms with van der Waals surface area (Å²) in [5.41, 5.74) is 0. The fourth-order valence-electron chi connectivity index (χ4n) is 0.0833. The largest absolute Gasteiger partial charge is 0.235 e. The molecule has 44 valence electrons. The van der Waals surface area contributed by atoms with Crippen molar-refractivity contribution in [3.05, 3.63) is 0 Å². The van der Waals surface area contributed by atoms with E-state index in [-0.39, 0.29) is 0 Å². The van der Waals surface area contributed by atoms with Gasteiger partial charge in [-0.15, -0.1) is 0 Å². The van der Waals surface area contributed by atoms with Gasteiger partial charge in [0.1, 0.15) is 0 Å². The van der Waals surface area contributed by atoms with Gasteiger partial charge in [0, 0.05) is 9.83 Å². The van der Waals surface area contributed by atoms with Crippen LogP contribution >= 0.6 is 31.4 Å². The minimum atomic E-state index is -0.731. The molecule has 1 nitrogen and oxygen atoms in total. The Balaban J connectivity index is 3.00. The highest BCUT2D eigenvalue weighted by molar-refractivity contribution is 9.20. The fraction of sp³-hybridized carbons (Fsp3) is 1.00. The Morgan fingerprint density at radius 1 is 1.43 bits per heavy atom. The Bertz CT molecular complexity index is 62.7. The predicted octanol–water partition coefficient (Wildman–Crippen LogP) is 1.94. The van der Waals surface area contributed by atoms with Crippen LogP contribution in [-0.2, 0) is 8.86 Å². The van der Waals surface area contributed by atoms with E-state index >= 15 is 0 Å². The lowest BCUT2D eigenvalue weighted by atomic mass is 12.0. The van der Waals surface area contributed by atoms with E-state index in [4.69, 9.17) is 0 Å². The lowest BCUT2D eigenvalue weighted by molar-refractivity contribution is 0.699. The monoisotopic (exact) mass is 174 g/mol. The summed E-state index contributed by atoms with van der Waals surface area (Å²) in [5.74, 6) is 0. The molecule has 0 aliphatic carbocycles. The highest BCUT2D eigenvalue weighted by Gasteiger charge is 1.91. The van der Waals surface area contributed by atoms with Crippen molar-refractivity contribution in [2.75, 3.05) is 12.5 Å². The second-order valence-electron chi connectivity index (χ2n) is 0.605. The van der Waals surface area contributed by atoms with Gasteiger partial charge in [0.15, 0.2) is 8.86 Å². The van der Waals surface area contributed by atoms with Gasteiger partial charge in [0.2, 0.25) is 0 Å². The minimum Gasteiger partial charge on any atom is -0.235 e. The third-order valence-electron chi connectivity index (χ3n) is 0.260. The zero-order valence-corrected chi connectivity index (χ0v) is 7.31. The Kier molecular flexibility index (Phi) is 6.25. The van der Waals surface area contributed by atoms with Crippen LogP contribution in [0.3, 0.4) is 0 Å². The van der Waals surface area contributed by atoms with Crippen LogP contribution in [0, 0.1) is 0 Å². The first kappa shape index (κ1) is 8.20. The highest BCUT2D eigenvalue weighted by atomic mass is 33.7. The van der Waals surface area contributed by atoms with Crippen LogP contribution in [0.15, 0.2) is 0 Å². The lowest BCUT2D eigenvalue weighted by Crippen LogP contribution is -1.63. The molecule has 0 heterocycles. The third kappa shape index (κ3) is 5.06. The van der Waals surface area contributed by atoms with Crippen molar-refractivity contribution in [3.63, 3.8) is 0 Å². The van der Waals surface area contributed by atoms with E-state index in [1.165, 1.54) is 31.4 Å². The summed E-state index contributed by atoms with van der Waals surface area (Å²) in [7, 11) is 3.55. The van der Waals surface area contributed by atoms with Crippen molar-refractivity contribution < 1.29 is 4.21 Å². The quantitative estimate of drug-likeness (QED) is 0.608. The summed E-state index contributed by atoms with van der Waals surface area (Å²) >= 11 is 0. The second-order valence-corrected chi connectivity index (χ2v) is 7.90. The summed E-state index contributed by atoms with van der Waals surface area (Å²) in [6.45, 7) is 0. The molecule has 0 amide bonds. The standard InChI is InChI=1S/C2H6OS4/c1-4-6-7(3)5-2/h1-2H3. The van der Waals surface area contributed by atoms with E-state index in [1.54, 1.807) is 0 Å². The molecular formula is C2H6OS4. The number of rotatable bonds is 3. The van der Waals surface area contributed by atoms with Gasteiger partial charge in [-0.1, -0.05) is 21.6 Å². The molecule has 0 N–H and O–H groups in total. The van der Waals surface area contributed by atoms with Crippen molar-refractivity contribution in [3.8, 4) is 0 Å². The Labute approximate surface area is 57.0 Å². The molecule has 1 unspecified atom stereocenters. The van der Waals surface area contributed by atoms with E-state index in [2.05, 4.69) is 0 Å². The van der Waals surface area contributed by atoms with Gasteiger partial charge in [-0.3, -0.25) is 0 Å². The van der Waals surface area contributed by atoms with Crippen LogP contribution in [0.25, 0.3) is 0 Å². The van der Waals surface area contributed by atoms with Crippen molar-refractivity contribution in [1.82, 2.24) is 0 Å². The van der Waals surface area contributed by atoms with Crippen LogP contribution in [0.4, 0.5) is 0 Å². The maximum Gasteiger partial charge on any atom is 0.151 e. The van der Waals surface area contributed by atoms with Crippen LogP contribution < -0.4 is 0 Å². The lowest BCUT2D eigenvalue weighted by Gasteiger charge is -1.86. The van der Waals surface area contributed by atoms with Gasteiger partial charge in [-0.25, -0.2) is 4.21 Å². The van der Waals surface area contributed by atoms with Crippen LogP contribution in [0.1, 0.15) is 0 Å². The summed E-state index contributed by atoms with van der Waals surface area (Å²) in [6, 6.07) is 0. The van der Waals surface area contributed by atoms with Crippen molar-refractivity contribution in [2.45, 2.75) is 0 Å². The summed E-state index contributed by atoms with van der Waals surface area (Å²) in [5, 5.41) is 0. The van der Waals surface area contributed by atoms with Crippen molar-refractivity contribution in [1.29, 1.82) is 0 Å². The van der Waals surface area contributed by atoms with Crippen LogP contribution in [0.5, 0.6) is 0 Å². The average molecular weight is 174 g/mol.